The quantitative estimate of drug-likeness (QED) is 0.900. The van der Waals surface area contributed by atoms with Crippen LogP contribution >= 0.6 is 0 Å². The minimum Gasteiger partial charge on any atom is -0.444 e. The van der Waals surface area contributed by atoms with Gasteiger partial charge in [-0.3, -0.25) is 0 Å². The number of benzene rings is 1. The van der Waals surface area contributed by atoms with Crippen LogP contribution in [0.15, 0.2) is 23.1 Å². The average Bonchev–Trinajstić information content (AvgIpc) is 2.68. The number of aromatic amines is 1. The van der Waals surface area contributed by atoms with Crippen molar-refractivity contribution in [1.29, 1.82) is 0 Å². The van der Waals surface area contributed by atoms with Crippen LogP contribution in [0.3, 0.4) is 0 Å². The molecular weight excluding hydrogens is 316 g/mol. The highest BCUT2D eigenvalue weighted by molar-refractivity contribution is 7.90. The summed E-state index contributed by atoms with van der Waals surface area (Å²) in [5.41, 5.74) is 1.98. The van der Waals surface area contributed by atoms with Crippen LogP contribution in [0, 0.1) is 6.92 Å². The number of rotatable bonds is 3. The minimum atomic E-state index is -3.28. The number of carbonyl (C=O) groups excluding carboxylic acids is 1. The minimum absolute atomic E-state index is 0.252. The Morgan fingerprint density at radius 1 is 1.30 bits per heavy atom. The van der Waals surface area contributed by atoms with Gasteiger partial charge in [0.15, 0.2) is 9.84 Å². The molecule has 0 unspecified atom stereocenters. The van der Waals surface area contributed by atoms with Gasteiger partial charge >= 0.3 is 6.09 Å². The molecule has 2 aromatic rings. The van der Waals surface area contributed by atoms with Crippen molar-refractivity contribution >= 4 is 26.8 Å². The molecule has 0 atom stereocenters. The third-order valence-corrected chi connectivity index (χ3v) is 4.44. The van der Waals surface area contributed by atoms with Gasteiger partial charge in [0.1, 0.15) is 5.60 Å². The fourth-order valence-electron chi connectivity index (χ4n) is 2.29. The second kappa shape index (κ2) is 5.88. The Morgan fingerprint density at radius 2 is 1.96 bits per heavy atom. The molecule has 23 heavy (non-hydrogen) atoms. The fourth-order valence-corrected chi connectivity index (χ4v) is 2.94. The molecule has 0 aliphatic rings. The maximum atomic E-state index is 11.8. The summed E-state index contributed by atoms with van der Waals surface area (Å²) in [4.78, 5) is 15.2. The first-order chi connectivity index (χ1) is 10.5. The van der Waals surface area contributed by atoms with Crippen LogP contribution in [-0.4, -0.2) is 31.4 Å². The van der Waals surface area contributed by atoms with Crippen molar-refractivity contribution in [3.8, 4) is 0 Å². The molecule has 0 radical (unpaired) electrons. The van der Waals surface area contributed by atoms with Gasteiger partial charge in [0.2, 0.25) is 0 Å². The van der Waals surface area contributed by atoms with E-state index in [0.29, 0.717) is 0 Å². The molecule has 0 saturated carbocycles. The molecule has 2 rings (SSSR count). The average molecular weight is 338 g/mol. The zero-order chi connectivity index (χ0) is 17.4. The third-order valence-electron chi connectivity index (χ3n) is 3.33. The Labute approximate surface area is 136 Å². The molecule has 0 bridgehead atoms. The van der Waals surface area contributed by atoms with Crippen molar-refractivity contribution in [2.24, 2.45) is 0 Å². The van der Waals surface area contributed by atoms with E-state index in [0.717, 1.165) is 22.2 Å². The zero-order valence-corrected chi connectivity index (χ0v) is 14.8. The van der Waals surface area contributed by atoms with Gasteiger partial charge in [-0.25, -0.2) is 13.2 Å². The Bertz CT molecular complexity index is 845. The number of hydrogen-bond donors (Lipinski definition) is 2. The van der Waals surface area contributed by atoms with Crippen molar-refractivity contribution in [1.82, 2.24) is 10.3 Å². The Balaban J connectivity index is 2.30. The number of aryl methyl sites for hydroxylation is 1. The summed E-state index contributed by atoms with van der Waals surface area (Å²) in [6.07, 6.45) is 0.664. The topological polar surface area (TPSA) is 88.3 Å². The van der Waals surface area contributed by atoms with Crippen LogP contribution in [-0.2, 0) is 21.1 Å². The molecule has 126 valence electrons. The Morgan fingerprint density at radius 3 is 2.52 bits per heavy atom. The lowest BCUT2D eigenvalue weighted by Crippen LogP contribution is -2.32. The van der Waals surface area contributed by atoms with Gasteiger partial charge in [0.05, 0.1) is 4.90 Å². The lowest BCUT2D eigenvalue weighted by Gasteiger charge is -2.19. The van der Waals surface area contributed by atoms with Gasteiger partial charge in [0.25, 0.3) is 0 Å². The van der Waals surface area contributed by atoms with Crippen LogP contribution in [0.5, 0.6) is 0 Å². The van der Waals surface area contributed by atoms with Crippen LogP contribution in [0.25, 0.3) is 10.9 Å². The molecule has 2 N–H and O–H groups in total. The molecule has 0 aliphatic carbocycles. The smallest absolute Gasteiger partial charge is 0.407 e. The summed E-state index contributed by atoms with van der Waals surface area (Å²) < 4.78 is 28.6. The highest BCUT2D eigenvalue weighted by Gasteiger charge is 2.17. The van der Waals surface area contributed by atoms with Gasteiger partial charge in [0, 0.05) is 29.4 Å². The second-order valence-electron chi connectivity index (χ2n) is 6.56. The van der Waals surface area contributed by atoms with E-state index in [1.165, 1.54) is 6.26 Å². The number of sulfone groups is 1. The number of alkyl carbamates (subject to hydrolysis) is 1. The van der Waals surface area contributed by atoms with E-state index in [1.807, 2.05) is 6.92 Å². The normalized spacial score (nSPS) is 12.4. The standard InChI is InChI=1S/C16H22N2O4S/c1-10-13(9-17-15(19)22-16(2,3)4)12-8-11(23(5,20)21)6-7-14(12)18-10/h6-8,18H,9H2,1-5H3,(H,17,19). The Hall–Kier alpha value is -2.02. The van der Waals surface area contributed by atoms with Crippen LogP contribution in [0.2, 0.25) is 0 Å². The fraction of sp³-hybridized carbons (Fsp3) is 0.438. The summed E-state index contributed by atoms with van der Waals surface area (Å²) in [5.74, 6) is 0. The SMILES string of the molecule is Cc1[nH]c2ccc(S(C)(=O)=O)cc2c1CNC(=O)OC(C)(C)C. The predicted molar refractivity (Wildman–Crippen MR) is 89.2 cm³/mol. The van der Waals surface area contributed by atoms with E-state index in [4.69, 9.17) is 4.74 Å². The summed E-state index contributed by atoms with van der Waals surface area (Å²) in [6.45, 7) is 7.52. The molecule has 1 amide bonds. The van der Waals surface area contributed by atoms with Crippen molar-refractivity contribution in [3.05, 3.63) is 29.5 Å². The molecule has 6 nitrogen and oxygen atoms in total. The number of aromatic nitrogens is 1. The third kappa shape index (κ3) is 4.25. The first-order valence-electron chi connectivity index (χ1n) is 7.25. The molecule has 1 aromatic carbocycles. The predicted octanol–water partition coefficient (Wildman–Crippen LogP) is 2.90. The van der Waals surface area contributed by atoms with Crippen LogP contribution in [0.1, 0.15) is 32.0 Å². The zero-order valence-electron chi connectivity index (χ0n) is 14.0. The van der Waals surface area contributed by atoms with E-state index in [1.54, 1.807) is 39.0 Å². The monoisotopic (exact) mass is 338 g/mol. The number of fused-ring (bicyclic) bond motifs is 1. The highest BCUT2D eigenvalue weighted by atomic mass is 32.2. The molecular formula is C16H22N2O4S. The summed E-state index contributed by atoms with van der Waals surface area (Å²) in [6, 6.07) is 4.93. The van der Waals surface area contributed by atoms with Gasteiger partial charge in [-0.1, -0.05) is 0 Å². The number of nitrogens with one attached hydrogen (secondary N) is 2. The summed E-state index contributed by atoms with van der Waals surface area (Å²) in [5, 5.41) is 3.48. The Kier molecular flexibility index (Phi) is 4.43. The number of H-pyrrole nitrogens is 1. The van der Waals surface area contributed by atoms with E-state index in [-0.39, 0.29) is 11.4 Å². The first kappa shape index (κ1) is 17.3. The maximum Gasteiger partial charge on any atom is 0.407 e. The van der Waals surface area contributed by atoms with Gasteiger partial charge in [-0.05, 0) is 51.5 Å². The molecule has 7 heteroatoms. The lowest BCUT2D eigenvalue weighted by atomic mass is 10.1. The summed E-state index contributed by atoms with van der Waals surface area (Å²) in [7, 11) is -3.28. The molecule has 0 saturated heterocycles. The second-order valence-corrected chi connectivity index (χ2v) is 8.58. The van der Waals surface area contributed by atoms with Crippen molar-refractivity contribution in [2.45, 2.75) is 44.7 Å². The van der Waals surface area contributed by atoms with Crippen molar-refractivity contribution < 1.29 is 17.9 Å². The summed E-state index contributed by atoms with van der Waals surface area (Å²) >= 11 is 0. The van der Waals surface area contributed by atoms with E-state index in [9.17, 15) is 13.2 Å². The number of carbonyl (C=O) groups is 1. The highest BCUT2D eigenvalue weighted by Crippen LogP contribution is 2.25. The van der Waals surface area contributed by atoms with Gasteiger partial charge in [-0.15, -0.1) is 0 Å². The molecule has 0 spiro atoms. The van der Waals surface area contributed by atoms with E-state index < -0.39 is 21.5 Å². The van der Waals surface area contributed by atoms with Gasteiger partial charge < -0.3 is 15.0 Å². The van der Waals surface area contributed by atoms with Gasteiger partial charge in [-0.2, -0.15) is 0 Å². The van der Waals surface area contributed by atoms with E-state index in [2.05, 4.69) is 10.3 Å². The molecule has 1 aromatic heterocycles. The largest absolute Gasteiger partial charge is 0.444 e. The molecule has 1 heterocycles. The maximum absolute atomic E-state index is 11.8. The van der Waals surface area contributed by atoms with Crippen LogP contribution < -0.4 is 5.32 Å². The molecule has 0 aliphatic heterocycles. The molecule has 0 fully saturated rings. The van der Waals surface area contributed by atoms with Crippen molar-refractivity contribution in [2.75, 3.05) is 6.26 Å². The first-order valence-corrected chi connectivity index (χ1v) is 9.14. The number of hydrogen-bond acceptors (Lipinski definition) is 4. The van der Waals surface area contributed by atoms with E-state index >= 15 is 0 Å². The number of amides is 1. The van der Waals surface area contributed by atoms with Crippen molar-refractivity contribution in [3.63, 3.8) is 0 Å². The lowest BCUT2D eigenvalue weighted by molar-refractivity contribution is 0.0523. The number of ether oxygens (including phenoxy) is 1. The van der Waals surface area contributed by atoms with Crippen LogP contribution in [0.4, 0.5) is 4.79 Å².